The third kappa shape index (κ3) is 5.91. The zero-order valence-corrected chi connectivity index (χ0v) is 19.5. The fourth-order valence-electron chi connectivity index (χ4n) is 3.85. The zero-order valence-electron chi connectivity index (χ0n) is 18.7. The number of hydrogen-bond donors (Lipinski definition) is 1. The highest BCUT2D eigenvalue weighted by Gasteiger charge is 2.44. The maximum Gasteiger partial charge on any atom is 0.451 e. The highest BCUT2D eigenvalue weighted by atomic mass is 32.2. The van der Waals surface area contributed by atoms with Gasteiger partial charge in [-0.15, -0.1) is 0 Å². The molecule has 7 nitrogen and oxygen atoms in total. The summed E-state index contributed by atoms with van der Waals surface area (Å²) in [4.78, 5) is 19.0. The zero-order chi connectivity index (χ0) is 27.0. The van der Waals surface area contributed by atoms with E-state index in [1.54, 1.807) is 0 Å². The van der Waals surface area contributed by atoms with Crippen LogP contribution in [0.3, 0.4) is 0 Å². The molecule has 14 heteroatoms. The summed E-state index contributed by atoms with van der Waals surface area (Å²) in [5.41, 5.74) is 0.432. The molecule has 2 heterocycles. The van der Waals surface area contributed by atoms with E-state index in [0.29, 0.717) is 4.31 Å². The van der Waals surface area contributed by atoms with Crippen LogP contribution in [0.2, 0.25) is 0 Å². The predicted octanol–water partition coefficient (Wildman–Crippen LogP) is 3.86. The van der Waals surface area contributed by atoms with Crippen LogP contribution >= 0.6 is 0 Å². The monoisotopic (exact) mass is 544 g/mol. The molecule has 4 rings (SSSR count). The lowest BCUT2D eigenvalue weighted by Crippen LogP contribution is -2.45. The second kappa shape index (κ2) is 10.1. The lowest BCUT2D eigenvalue weighted by atomic mass is 10.1. The number of nitrogens with one attached hydrogen (secondary N) is 1. The highest BCUT2D eigenvalue weighted by Crippen LogP contribution is 2.29. The molecular weight excluding hydrogens is 526 g/mol. The number of nitrogens with zero attached hydrogens (tertiary/aromatic N) is 3. The molecule has 2 atom stereocenters. The van der Waals surface area contributed by atoms with Gasteiger partial charge in [0.1, 0.15) is 23.8 Å². The van der Waals surface area contributed by atoms with Crippen molar-refractivity contribution in [3.8, 4) is 11.1 Å². The van der Waals surface area contributed by atoms with Gasteiger partial charge in [0.25, 0.3) is 0 Å². The van der Waals surface area contributed by atoms with Gasteiger partial charge >= 0.3 is 6.18 Å². The molecule has 2 aromatic carbocycles. The van der Waals surface area contributed by atoms with Crippen molar-refractivity contribution in [1.82, 2.24) is 19.6 Å². The van der Waals surface area contributed by atoms with Crippen LogP contribution in [0.5, 0.6) is 0 Å². The summed E-state index contributed by atoms with van der Waals surface area (Å²) in [5, 5.41) is 2.44. The quantitative estimate of drug-likeness (QED) is 0.476. The molecule has 0 radical (unpaired) electrons. The number of alkyl halides is 4. The van der Waals surface area contributed by atoms with Gasteiger partial charge in [0.05, 0.1) is 4.90 Å². The Morgan fingerprint density at radius 2 is 1.65 bits per heavy atom. The Labute approximate surface area is 207 Å². The minimum Gasteiger partial charge on any atom is -0.351 e. The maximum absolute atomic E-state index is 14.2. The molecule has 1 aromatic heterocycles. The summed E-state index contributed by atoms with van der Waals surface area (Å²) in [6.45, 7) is -0.862. The van der Waals surface area contributed by atoms with E-state index in [1.807, 2.05) is 0 Å². The molecule has 196 valence electrons. The number of sulfonamides is 1. The Balaban J connectivity index is 1.50. The van der Waals surface area contributed by atoms with Crippen molar-refractivity contribution in [3.63, 3.8) is 0 Å². The van der Waals surface area contributed by atoms with E-state index in [-0.39, 0.29) is 28.1 Å². The van der Waals surface area contributed by atoms with Crippen LogP contribution in [0.25, 0.3) is 11.1 Å². The SMILES string of the molecule is O=C(NCc1cc(F)cc(-c2cnc(C(F)(F)F)nc2)c1)[C@@H]1C[C@@H](F)CN1S(=O)(=O)c1ccc(F)cc1. The predicted molar refractivity (Wildman–Crippen MR) is 118 cm³/mol. The van der Waals surface area contributed by atoms with Gasteiger partial charge < -0.3 is 5.32 Å². The van der Waals surface area contributed by atoms with Gasteiger partial charge in [0.15, 0.2) is 0 Å². The Hall–Kier alpha value is -3.52. The van der Waals surface area contributed by atoms with Gasteiger partial charge in [0, 0.05) is 37.5 Å². The molecule has 0 bridgehead atoms. The van der Waals surface area contributed by atoms with Crippen molar-refractivity contribution in [2.75, 3.05) is 6.54 Å². The van der Waals surface area contributed by atoms with E-state index in [2.05, 4.69) is 15.3 Å². The summed E-state index contributed by atoms with van der Waals surface area (Å²) in [6.07, 6.45) is -5.02. The first kappa shape index (κ1) is 26.5. The van der Waals surface area contributed by atoms with Crippen LogP contribution in [-0.2, 0) is 27.5 Å². The van der Waals surface area contributed by atoms with E-state index in [0.717, 1.165) is 48.8 Å². The van der Waals surface area contributed by atoms with E-state index < -0.39 is 64.7 Å². The summed E-state index contributed by atoms with van der Waals surface area (Å²) in [7, 11) is -4.32. The van der Waals surface area contributed by atoms with Gasteiger partial charge in [-0.05, 0) is 53.6 Å². The smallest absolute Gasteiger partial charge is 0.351 e. The minimum atomic E-state index is -4.74. The van der Waals surface area contributed by atoms with E-state index in [1.165, 1.54) is 6.07 Å². The van der Waals surface area contributed by atoms with Crippen LogP contribution < -0.4 is 5.32 Å². The Kier molecular flexibility index (Phi) is 7.24. The van der Waals surface area contributed by atoms with Crippen LogP contribution in [-0.4, -0.2) is 47.4 Å². The Morgan fingerprint density at radius 1 is 1.00 bits per heavy atom. The molecule has 1 aliphatic rings. The maximum atomic E-state index is 14.2. The first-order chi connectivity index (χ1) is 17.3. The fraction of sp³-hybridized carbons (Fsp3) is 0.261. The number of amides is 1. The van der Waals surface area contributed by atoms with Crippen LogP contribution in [0.1, 0.15) is 17.8 Å². The van der Waals surface area contributed by atoms with Crippen molar-refractivity contribution in [2.24, 2.45) is 0 Å². The molecule has 0 aliphatic carbocycles. The highest BCUT2D eigenvalue weighted by molar-refractivity contribution is 7.89. The molecular formula is C23H18F6N4O3S. The normalized spacial score (nSPS) is 18.6. The van der Waals surface area contributed by atoms with Crippen molar-refractivity contribution in [1.29, 1.82) is 0 Å². The van der Waals surface area contributed by atoms with Crippen LogP contribution in [0.4, 0.5) is 26.3 Å². The number of hydrogen-bond acceptors (Lipinski definition) is 5. The summed E-state index contributed by atoms with van der Waals surface area (Å²) in [6, 6.07) is 5.95. The molecule has 1 amide bonds. The van der Waals surface area contributed by atoms with Crippen molar-refractivity contribution in [3.05, 3.63) is 77.9 Å². The minimum absolute atomic E-state index is 0.0905. The van der Waals surface area contributed by atoms with Gasteiger partial charge in [-0.2, -0.15) is 17.5 Å². The molecule has 1 fully saturated rings. The lowest BCUT2D eigenvalue weighted by Gasteiger charge is -2.23. The molecule has 1 N–H and O–H groups in total. The third-order valence-corrected chi connectivity index (χ3v) is 7.48. The standard InChI is InChI=1S/C23H18F6N4O3S/c24-16-1-3-19(4-2-16)37(35,36)33-12-18(26)8-20(33)21(34)30-9-13-5-14(7-17(25)6-13)15-10-31-22(32-11-15)23(27,28)29/h1-7,10-11,18,20H,8-9,12H2,(H,30,34)/t18-,20+/m1/s1. The number of rotatable bonds is 6. The van der Waals surface area contributed by atoms with Gasteiger partial charge in [-0.1, -0.05) is 0 Å². The summed E-state index contributed by atoms with van der Waals surface area (Å²) >= 11 is 0. The van der Waals surface area contributed by atoms with Crippen LogP contribution in [0.15, 0.2) is 59.8 Å². The third-order valence-electron chi connectivity index (χ3n) is 5.59. The Morgan fingerprint density at radius 3 is 2.27 bits per heavy atom. The van der Waals surface area contributed by atoms with Crippen molar-refractivity contribution in [2.45, 2.75) is 36.3 Å². The average Bonchev–Trinajstić information content (AvgIpc) is 3.25. The van der Waals surface area contributed by atoms with E-state index in [4.69, 9.17) is 0 Å². The van der Waals surface area contributed by atoms with E-state index >= 15 is 0 Å². The largest absolute Gasteiger partial charge is 0.451 e. The number of benzene rings is 2. The summed E-state index contributed by atoms with van der Waals surface area (Å²) < 4.78 is 106. The first-order valence-corrected chi connectivity index (χ1v) is 12.2. The average molecular weight is 544 g/mol. The molecule has 0 spiro atoms. The number of carbonyl (C=O) groups is 1. The molecule has 0 saturated carbocycles. The number of carbonyl (C=O) groups excluding carboxylic acids is 1. The second-order valence-electron chi connectivity index (χ2n) is 8.24. The van der Waals surface area contributed by atoms with Crippen molar-refractivity contribution >= 4 is 15.9 Å². The van der Waals surface area contributed by atoms with Crippen LogP contribution in [0, 0.1) is 11.6 Å². The van der Waals surface area contributed by atoms with Crippen molar-refractivity contribution < 1.29 is 39.6 Å². The van der Waals surface area contributed by atoms with Gasteiger partial charge in [-0.25, -0.2) is 31.6 Å². The topological polar surface area (TPSA) is 92.3 Å². The van der Waals surface area contributed by atoms with E-state index in [9.17, 15) is 39.6 Å². The van der Waals surface area contributed by atoms with Gasteiger partial charge in [0.2, 0.25) is 21.8 Å². The summed E-state index contributed by atoms with van der Waals surface area (Å²) in [5.74, 6) is -3.63. The first-order valence-electron chi connectivity index (χ1n) is 10.7. The molecule has 3 aromatic rings. The molecule has 1 aliphatic heterocycles. The lowest BCUT2D eigenvalue weighted by molar-refractivity contribution is -0.145. The number of halogens is 6. The molecule has 37 heavy (non-hydrogen) atoms. The second-order valence-corrected chi connectivity index (χ2v) is 10.1. The number of aromatic nitrogens is 2. The molecule has 0 unspecified atom stereocenters. The molecule has 1 saturated heterocycles. The Bertz CT molecular complexity index is 1400. The fourth-order valence-corrected chi connectivity index (χ4v) is 5.48. The van der Waals surface area contributed by atoms with Gasteiger partial charge in [-0.3, -0.25) is 4.79 Å².